The number of rotatable bonds is 1. The molecular formula is C9H13NOS. The maximum atomic E-state index is 11.7. The number of benzene rings is 1. The summed E-state index contributed by atoms with van der Waals surface area (Å²) in [5, 5.41) is 0. The average molecular weight is 183 g/mol. The fourth-order valence-corrected chi connectivity index (χ4v) is 1.75. The Hall–Kier alpha value is -0.830. The van der Waals surface area contributed by atoms with Gasteiger partial charge in [0, 0.05) is 18.2 Å². The Kier molecular flexibility index (Phi) is 2.52. The molecule has 1 atom stereocenters. The summed E-state index contributed by atoms with van der Waals surface area (Å²) in [6.45, 7) is 2.00. The van der Waals surface area contributed by atoms with Crippen LogP contribution in [0.4, 0.5) is 0 Å². The van der Waals surface area contributed by atoms with Gasteiger partial charge < -0.3 is 0 Å². The Bertz CT molecular complexity index is 372. The van der Waals surface area contributed by atoms with Crippen LogP contribution in [0.5, 0.6) is 0 Å². The zero-order chi connectivity index (χ0) is 9.19. The van der Waals surface area contributed by atoms with E-state index in [1.165, 1.54) is 5.56 Å². The van der Waals surface area contributed by atoms with Gasteiger partial charge in [0.05, 0.1) is 9.73 Å². The van der Waals surface area contributed by atoms with Crippen LogP contribution in [0.3, 0.4) is 0 Å². The predicted molar refractivity (Wildman–Crippen MR) is 51.9 cm³/mol. The second kappa shape index (κ2) is 3.27. The third-order valence-electron chi connectivity index (χ3n) is 1.81. The summed E-state index contributed by atoms with van der Waals surface area (Å²) in [5.41, 5.74) is 1.17. The molecule has 12 heavy (non-hydrogen) atoms. The summed E-state index contributed by atoms with van der Waals surface area (Å²) in [5.74, 6) is 0. The highest BCUT2D eigenvalue weighted by Gasteiger charge is 2.02. The normalized spacial score (nSPS) is 15.2. The molecule has 0 radical (unpaired) electrons. The monoisotopic (exact) mass is 183 g/mol. The first-order valence-electron chi connectivity index (χ1n) is 3.73. The highest BCUT2D eigenvalue weighted by molar-refractivity contribution is 7.93. The molecule has 1 rings (SSSR count). The summed E-state index contributed by atoms with van der Waals surface area (Å²) in [6, 6.07) is 7.63. The van der Waals surface area contributed by atoms with Gasteiger partial charge in [0.1, 0.15) is 0 Å². The molecule has 0 N–H and O–H groups in total. The maximum Gasteiger partial charge on any atom is 0.0720 e. The van der Waals surface area contributed by atoms with Crippen molar-refractivity contribution >= 4 is 9.73 Å². The standard InChI is InChI=1S/C9H13NOS/c1-8-4-6-9(7-5-8)12(3,11)10-2/h4-7H,1-3H3/t12-/m1/s1. The van der Waals surface area contributed by atoms with Gasteiger partial charge in [-0.25, -0.2) is 8.57 Å². The van der Waals surface area contributed by atoms with Crippen molar-refractivity contribution in [1.29, 1.82) is 0 Å². The second-order valence-corrected chi connectivity index (χ2v) is 5.24. The molecule has 1 aromatic carbocycles. The molecule has 0 fully saturated rings. The van der Waals surface area contributed by atoms with Crippen LogP contribution in [0.15, 0.2) is 33.5 Å². The molecule has 0 aromatic heterocycles. The number of nitrogens with zero attached hydrogens (tertiary/aromatic N) is 1. The van der Waals surface area contributed by atoms with Crippen molar-refractivity contribution in [3.05, 3.63) is 29.8 Å². The minimum Gasteiger partial charge on any atom is -0.245 e. The molecule has 0 aliphatic carbocycles. The van der Waals surface area contributed by atoms with Crippen LogP contribution in [0.2, 0.25) is 0 Å². The zero-order valence-corrected chi connectivity index (χ0v) is 8.39. The lowest BCUT2D eigenvalue weighted by Gasteiger charge is -2.02. The van der Waals surface area contributed by atoms with Crippen molar-refractivity contribution in [1.82, 2.24) is 0 Å². The summed E-state index contributed by atoms with van der Waals surface area (Å²) >= 11 is 0. The second-order valence-electron chi connectivity index (χ2n) is 2.80. The lowest BCUT2D eigenvalue weighted by Crippen LogP contribution is -1.96. The van der Waals surface area contributed by atoms with Crippen molar-refractivity contribution < 1.29 is 4.21 Å². The first kappa shape index (κ1) is 9.26. The van der Waals surface area contributed by atoms with Gasteiger partial charge >= 0.3 is 0 Å². The summed E-state index contributed by atoms with van der Waals surface area (Å²) in [6.07, 6.45) is 1.65. The van der Waals surface area contributed by atoms with E-state index in [0.29, 0.717) is 0 Å². The molecule has 0 saturated carbocycles. The van der Waals surface area contributed by atoms with Gasteiger partial charge in [0.15, 0.2) is 0 Å². The fourth-order valence-electron chi connectivity index (χ4n) is 0.896. The molecular weight excluding hydrogens is 170 g/mol. The van der Waals surface area contributed by atoms with Crippen molar-refractivity contribution in [3.63, 3.8) is 0 Å². The van der Waals surface area contributed by atoms with E-state index in [1.54, 1.807) is 13.3 Å². The van der Waals surface area contributed by atoms with Gasteiger partial charge in [-0.3, -0.25) is 0 Å². The van der Waals surface area contributed by atoms with E-state index in [-0.39, 0.29) is 0 Å². The molecule has 0 heterocycles. The summed E-state index contributed by atoms with van der Waals surface area (Å²) in [4.78, 5) is 0.801. The van der Waals surface area contributed by atoms with Crippen molar-refractivity contribution in [2.45, 2.75) is 11.8 Å². The van der Waals surface area contributed by atoms with Gasteiger partial charge in [-0.05, 0) is 19.1 Å². The first-order valence-corrected chi connectivity index (χ1v) is 5.65. The van der Waals surface area contributed by atoms with Crippen LogP contribution >= 0.6 is 0 Å². The highest BCUT2D eigenvalue weighted by Crippen LogP contribution is 2.11. The van der Waals surface area contributed by atoms with Crippen molar-refractivity contribution in [2.24, 2.45) is 4.36 Å². The Balaban J connectivity index is 3.24. The van der Waals surface area contributed by atoms with Crippen LogP contribution in [-0.2, 0) is 9.73 Å². The van der Waals surface area contributed by atoms with E-state index < -0.39 is 9.73 Å². The molecule has 0 aliphatic rings. The minimum absolute atomic E-state index is 0.801. The Morgan fingerprint density at radius 2 is 1.75 bits per heavy atom. The fraction of sp³-hybridized carbons (Fsp3) is 0.333. The summed E-state index contributed by atoms with van der Waals surface area (Å²) < 4.78 is 15.5. The molecule has 0 saturated heterocycles. The molecule has 1 aromatic rings. The van der Waals surface area contributed by atoms with E-state index in [9.17, 15) is 4.21 Å². The molecule has 3 heteroatoms. The Morgan fingerprint density at radius 1 is 1.25 bits per heavy atom. The van der Waals surface area contributed by atoms with Crippen molar-refractivity contribution in [2.75, 3.05) is 13.3 Å². The lowest BCUT2D eigenvalue weighted by atomic mass is 10.2. The van der Waals surface area contributed by atoms with Gasteiger partial charge in [-0.15, -0.1) is 0 Å². The third kappa shape index (κ3) is 1.85. The first-order chi connectivity index (χ1) is 5.56. The van der Waals surface area contributed by atoms with E-state index in [0.717, 1.165) is 4.90 Å². The molecule has 2 nitrogen and oxygen atoms in total. The van der Waals surface area contributed by atoms with Gasteiger partial charge in [0.25, 0.3) is 0 Å². The van der Waals surface area contributed by atoms with Gasteiger partial charge in [-0.2, -0.15) is 0 Å². The van der Waals surface area contributed by atoms with Crippen LogP contribution < -0.4 is 0 Å². The molecule has 0 unspecified atom stereocenters. The van der Waals surface area contributed by atoms with Crippen LogP contribution in [0.25, 0.3) is 0 Å². The smallest absolute Gasteiger partial charge is 0.0720 e. The predicted octanol–water partition coefficient (Wildman–Crippen LogP) is 2.08. The molecule has 0 aliphatic heterocycles. The largest absolute Gasteiger partial charge is 0.245 e. The zero-order valence-electron chi connectivity index (χ0n) is 7.57. The molecule has 0 bridgehead atoms. The number of hydrogen-bond donors (Lipinski definition) is 0. The lowest BCUT2D eigenvalue weighted by molar-refractivity contribution is 0.680. The third-order valence-corrected chi connectivity index (χ3v) is 3.65. The molecule has 66 valence electrons. The van der Waals surface area contributed by atoms with E-state index in [1.807, 2.05) is 31.2 Å². The van der Waals surface area contributed by atoms with E-state index >= 15 is 0 Å². The van der Waals surface area contributed by atoms with Crippen LogP contribution in [0, 0.1) is 6.92 Å². The summed E-state index contributed by atoms with van der Waals surface area (Å²) in [7, 11) is -0.554. The van der Waals surface area contributed by atoms with E-state index in [2.05, 4.69) is 4.36 Å². The molecule has 0 amide bonds. The average Bonchev–Trinajstić information content (AvgIpc) is 2.05. The highest BCUT2D eigenvalue weighted by atomic mass is 32.2. The minimum atomic E-state index is -2.14. The Morgan fingerprint density at radius 3 is 2.17 bits per heavy atom. The topological polar surface area (TPSA) is 29.4 Å². The Labute approximate surface area is 73.8 Å². The number of hydrogen-bond acceptors (Lipinski definition) is 2. The van der Waals surface area contributed by atoms with E-state index in [4.69, 9.17) is 0 Å². The van der Waals surface area contributed by atoms with Gasteiger partial charge in [-0.1, -0.05) is 17.7 Å². The van der Waals surface area contributed by atoms with Crippen LogP contribution in [0.1, 0.15) is 5.56 Å². The van der Waals surface area contributed by atoms with Gasteiger partial charge in [0.2, 0.25) is 0 Å². The quantitative estimate of drug-likeness (QED) is 0.655. The van der Waals surface area contributed by atoms with Crippen LogP contribution in [-0.4, -0.2) is 17.5 Å². The number of aryl methyl sites for hydroxylation is 1. The maximum absolute atomic E-state index is 11.7. The SMILES string of the molecule is CN=[S@](C)(=O)c1ccc(C)cc1. The van der Waals surface area contributed by atoms with Crippen molar-refractivity contribution in [3.8, 4) is 0 Å². The molecule has 0 spiro atoms.